The van der Waals surface area contributed by atoms with Gasteiger partial charge >= 0.3 is 0 Å². The van der Waals surface area contributed by atoms with Gasteiger partial charge in [0.2, 0.25) is 0 Å². The third-order valence-corrected chi connectivity index (χ3v) is 5.04. The predicted octanol–water partition coefficient (Wildman–Crippen LogP) is 3.84. The third kappa shape index (κ3) is 4.21. The van der Waals surface area contributed by atoms with Crippen molar-refractivity contribution in [3.8, 4) is 5.75 Å². The molecule has 3 nitrogen and oxygen atoms in total. The van der Waals surface area contributed by atoms with Gasteiger partial charge in [0.15, 0.2) is 0 Å². The van der Waals surface area contributed by atoms with Crippen LogP contribution in [0.2, 0.25) is 0 Å². The second-order valence-corrected chi connectivity index (χ2v) is 7.13. The molecule has 0 aliphatic carbocycles. The van der Waals surface area contributed by atoms with Crippen LogP contribution in [-0.2, 0) is 0 Å². The molecule has 0 radical (unpaired) electrons. The zero-order valence-corrected chi connectivity index (χ0v) is 15.1. The highest BCUT2D eigenvalue weighted by Crippen LogP contribution is 2.39. The Morgan fingerprint density at radius 3 is 2.86 bits per heavy atom. The van der Waals surface area contributed by atoms with Crippen LogP contribution in [0.5, 0.6) is 5.75 Å². The molecule has 1 aliphatic rings. The van der Waals surface area contributed by atoms with E-state index < -0.39 is 0 Å². The van der Waals surface area contributed by atoms with E-state index in [0.717, 1.165) is 18.8 Å². The zero-order chi connectivity index (χ0) is 15.4. The summed E-state index contributed by atoms with van der Waals surface area (Å²) in [5, 5.41) is 3.61. The van der Waals surface area contributed by atoms with Crippen LogP contribution in [0.25, 0.3) is 0 Å². The lowest BCUT2D eigenvalue weighted by Crippen LogP contribution is -2.42. The molecular weight excluding hydrogens is 328 g/mol. The maximum Gasteiger partial charge on any atom is 0.119 e. The Bertz CT molecular complexity index is 464. The topological polar surface area (TPSA) is 24.5 Å². The quantitative estimate of drug-likeness (QED) is 0.869. The molecule has 1 N–H and O–H groups in total. The first kappa shape index (κ1) is 16.8. The fraction of sp³-hybridized carbons (Fsp3) is 0.647. The molecule has 2 atom stereocenters. The van der Waals surface area contributed by atoms with E-state index in [1.807, 2.05) is 6.07 Å². The third-order valence-electron chi connectivity index (χ3n) is 4.32. The molecule has 2 unspecified atom stereocenters. The number of ether oxygens (including phenoxy) is 1. The molecule has 118 valence electrons. The lowest BCUT2D eigenvalue weighted by Gasteiger charge is -2.40. The van der Waals surface area contributed by atoms with Crippen LogP contribution in [0, 0.1) is 5.92 Å². The van der Waals surface area contributed by atoms with E-state index in [9.17, 15) is 0 Å². The molecule has 2 rings (SSSR count). The number of methoxy groups -OCH3 is 1. The number of nitrogens with zero attached hydrogens (tertiary/aromatic N) is 1. The average Bonchev–Trinajstić information content (AvgIpc) is 2.46. The van der Waals surface area contributed by atoms with Crippen LogP contribution in [0.1, 0.15) is 38.3 Å². The van der Waals surface area contributed by atoms with Gasteiger partial charge in [-0.1, -0.05) is 29.8 Å². The Hall–Kier alpha value is -0.580. The molecule has 1 fully saturated rings. The van der Waals surface area contributed by atoms with Gasteiger partial charge in [0, 0.05) is 23.1 Å². The van der Waals surface area contributed by atoms with Crippen LogP contribution in [0.3, 0.4) is 0 Å². The van der Waals surface area contributed by atoms with E-state index in [4.69, 9.17) is 4.74 Å². The van der Waals surface area contributed by atoms with Gasteiger partial charge in [-0.15, -0.1) is 0 Å². The smallest absolute Gasteiger partial charge is 0.119 e. The van der Waals surface area contributed by atoms with Crippen LogP contribution >= 0.6 is 15.9 Å². The van der Waals surface area contributed by atoms with E-state index in [1.165, 1.54) is 22.9 Å². The minimum absolute atomic E-state index is 0.439. The second kappa shape index (κ2) is 7.61. The minimum atomic E-state index is 0.439. The maximum atomic E-state index is 5.41. The van der Waals surface area contributed by atoms with Gasteiger partial charge in [-0.25, -0.2) is 0 Å². The summed E-state index contributed by atoms with van der Waals surface area (Å²) in [6.45, 7) is 6.65. The van der Waals surface area contributed by atoms with Gasteiger partial charge in [0.25, 0.3) is 0 Å². The van der Waals surface area contributed by atoms with Crippen molar-refractivity contribution in [3.63, 3.8) is 0 Å². The second-order valence-electron chi connectivity index (χ2n) is 6.28. The van der Waals surface area contributed by atoms with Crippen molar-refractivity contribution in [2.45, 2.75) is 38.8 Å². The summed E-state index contributed by atoms with van der Waals surface area (Å²) in [7, 11) is 3.97. The lowest BCUT2D eigenvalue weighted by atomic mass is 9.84. The number of hydrogen-bond donors (Lipinski definition) is 1. The van der Waals surface area contributed by atoms with E-state index in [1.54, 1.807) is 7.11 Å². The van der Waals surface area contributed by atoms with Crippen LogP contribution < -0.4 is 10.1 Å². The summed E-state index contributed by atoms with van der Waals surface area (Å²) < 4.78 is 6.59. The molecule has 1 aromatic carbocycles. The Kier molecular flexibility index (Phi) is 6.08. The van der Waals surface area contributed by atoms with Crippen molar-refractivity contribution >= 4 is 15.9 Å². The fourth-order valence-electron chi connectivity index (χ4n) is 3.23. The average molecular weight is 355 g/mol. The number of piperidine rings is 1. The summed E-state index contributed by atoms with van der Waals surface area (Å²) in [5.41, 5.74) is 1.34. The number of halogens is 1. The molecule has 0 spiro atoms. The molecule has 0 bridgehead atoms. The Labute approximate surface area is 137 Å². The highest BCUT2D eigenvalue weighted by atomic mass is 79.9. The fourth-order valence-corrected chi connectivity index (χ4v) is 3.71. The maximum absolute atomic E-state index is 5.41. The van der Waals surface area contributed by atoms with E-state index in [-0.39, 0.29) is 0 Å². The summed E-state index contributed by atoms with van der Waals surface area (Å²) >= 11 is 3.73. The standard InChI is InChI=1S/C17H27BrN2O/c1-12(2)19-11-13-6-5-9-20(3)17(13)15-10-14(21-4)7-8-16(15)18/h7-8,10,12-13,17,19H,5-6,9,11H2,1-4H3. The zero-order valence-electron chi connectivity index (χ0n) is 13.5. The SMILES string of the molecule is COc1ccc(Br)c(C2C(CNC(C)C)CCCN2C)c1. The highest BCUT2D eigenvalue weighted by molar-refractivity contribution is 9.10. The Balaban J connectivity index is 2.26. The van der Waals surface area contributed by atoms with Gasteiger partial charge in [-0.2, -0.15) is 0 Å². The van der Waals surface area contributed by atoms with Crippen molar-refractivity contribution in [2.24, 2.45) is 5.92 Å². The number of rotatable bonds is 5. The Morgan fingerprint density at radius 1 is 1.43 bits per heavy atom. The van der Waals surface area contributed by atoms with Gasteiger partial charge in [-0.05, 0) is 56.1 Å². The van der Waals surface area contributed by atoms with Crippen molar-refractivity contribution in [3.05, 3.63) is 28.2 Å². The summed E-state index contributed by atoms with van der Waals surface area (Å²) in [5.74, 6) is 1.57. The van der Waals surface area contributed by atoms with Crippen LogP contribution in [0.4, 0.5) is 0 Å². The molecule has 0 amide bonds. The first-order valence-electron chi connectivity index (χ1n) is 7.80. The number of nitrogens with one attached hydrogen (secondary N) is 1. The predicted molar refractivity (Wildman–Crippen MR) is 91.9 cm³/mol. The van der Waals surface area contributed by atoms with Gasteiger partial charge < -0.3 is 10.1 Å². The molecule has 1 aliphatic heterocycles. The van der Waals surface area contributed by atoms with Gasteiger partial charge in [-0.3, -0.25) is 4.90 Å². The largest absolute Gasteiger partial charge is 0.497 e. The Morgan fingerprint density at radius 2 is 2.19 bits per heavy atom. The normalized spacial score (nSPS) is 23.5. The number of likely N-dealkylation sites (tertiary alicyclic amines) is 1. The van der Waals surface area contributed by atoms with Gasteiger partial charge in [0.1, 0.15) is 5.75 Å². The lowest BCUT2D eigenvalue weighted by molar-refractivity contribution is 0.117. The van der Waals surface area contributed by atoms with Crippen molar-refractivity contribution < 1.29 is 4.74 Å². The molecule has 0 saturated carbocycles. The molecule has 4 heteroatoms. The number of benzene rings is 1. The number of hydrogen-bond acceptors (Lipinski definition) is 3. The molecule has 21 heavy (non-hydrogen) atoms. The molecular formula is C17H27BrN2O. The van der Waals surface area contributed by atoms with E-state index in [0.29, 0.717) is 18.0 Å². The molecule has 0 aromatic heterocycles. The van der Waals surface area contributed by atoms with E-state index in [2.05, 4.69) is 59.2 Å². The minimum Gasteiger partial charge on any atom is -0.497 e. The molecule has 1 aromatic rings. The summed E-state index contributed by atoms with van der Waals surface area (Å²) in [4.78, 5) is 2.48. The summed E-state index contributed by atoms with van der Waals surface area (Å²) in [6.07, 6.45) is 2.55. The summed E-state index contributed by atoms with van der Waals surface area (Å²) in [6, 6.07) is 7.27. The molecule has 1 heterocycles. The first-order valence-corrected chi connectivity index (χ1v) is 8.59. The van der Waals surface area contributed by atoms with Crippen LogP contribution in [-0.4, -0.2) is 38.2 Å². The van der Waals surface area contributed by atoms with Gasteiger partial charge in [0.05, 0.1) is 7.11 Å². The van der Waals surface area contributed by atoms with Crippen LogP contribution in [0.15, 0.2) is 22.7 Å². The highest BCUT2D eigenvalue weighted by Gasteiger charge is 2.31. The monoisotopic (exact) mass is 354 g/mol. The first-order chi connectivity index (χ1) is 10.0. The van der Waals surface area contributed by atoms with Crippen molar-refractivity contribution in [1.82, 2.24) is 10.2 Å². The van der Waals surface area contributed by atoms with Crippen molar-refractivity contribution in [2.75, 3.05) is 27.2 Å². The van der Waals surface area contributed by atoms with Crippen molar-refractivity contribution in [1.29, 1.82) is 0 Å². The molecule has 1 saturated heterocycles. The van der Waals surface area contributed by atoms with E-state index >= 15 is 0 Å².